The summed E-state index contributed by atoms with van der Waals surface area (Å²) in [6.07, 6.45) is 2.43. The molecule has 0 N–H and O–H groups in total. The second kappa shape index (κ2) is 5.78. The first-order chi connectivity index (χ1) is 9.38. The van der Waals surface area contributed by atoms with E-state index in [9.17, 15) is 9.59 Å². The average Bonchev–Trinajstić information content (AvgIpc) is 2.86. The lowest BCUT2D eigenvalue weighted by Crippen LogP contribution is -2.32. The van der Waals surface area contributed by atoms with Crippen molar-refractivity contribution in [3.63, 3.8) is 0 Å². The molecule has 108 valence electrons. The van der Waals surface area contributed by atoms with Crippen molar-refractivity contribution in [3.8, 4) is 0 Å². The van der Waals surface area contributed by atoms with Crippen LogP contribution >= 0.6 is 0 Å². The van der Waals surface area contributed by atoms with Gasteiger partial charge in [0.25, 0.3) is 0 Å². The number of carbonyl (C=O) groups excluding carboxylic acids is 2. The average molecular weight is 274 g/mol. The summed E-state index contributed by atoms with van der Waals surface area (Å²) < 4.78 is 5.45. The summed E-state index contributed by atoms with van der Waals surface area (Å²) in [5, 5.41) is 0. The summed E-state index contributed by atoms with van der Waals surface area (Å²) in [5.41, 5.74) is 0.188. The molecule has 1 aliphatic carbocycles. The third-order valence-corrected chi connectivity index (χ3v) is 3.62. The Morgan fingerprint density at radius 1 is 1.05 bits per heavy atom. The smallest absolute Gasteiger partial charge is 0.310 e. The molecule has 0 saturated heterocycles. The van der Waals surface area contributed by atoms with E-state index in [1.807, 2.05) is 51.1 Å². The Balaban J connectivity index is 2.11. The van der Waals surface area contributed by atoms with Crippen molar-refractivity contribution >= 4 is 11.8 Å². The Morgan fingerprint density at radius 3 is 2.25 bits per heavy atom. The molecule has 0 heterocycles. The van der Waals surface area contributed by atoms with E-state index in [4.69, 9.17) is 4.74 Å². The zero-order chi connectivity index (χ0) is 14.8. The van der Waals surface area contributed by atoms with E-state index in [2.05, 4.69) is 0 Å². The SMILES string of the molecule is CC(C)(C)OC(=O)[C@@H]1CCC[C@H]1C(=O)c1ccccc1. The standard InChI is InChI=1S/C17H22O3/c1-17(2,3)20-16(19)14-11-7-10-13(14)15(18)12-8-5-4-6-9-12/h4-6,8-9,13-14H,7,10-11H2,1-3H3/t13-,14-/m1/s1. The summed E-state index contributed by atoms with van der Waals surface area (Å²) >= 11 is 0. The molecule has 0 bridgehead atoms. The third-order valence-electron chi connectivity index (χ3n) is 3.62. The fourth-order valence-corrected chi connectivity index (χ4v) is 2.75. The lowest BCUT2D eigenvalue weighted by atomic mass is 9.88. The first-order valence-corrected chi connectivity index (χ1v) is 7.20. The second-order valence-corrected chi connectivity index (χ2v) is 6.41. The number of benzene rings is 1. The number of hydrogen-bond acceptors (Lipinski definition) is 3. The summed E-state index contributed by atoms with van der Waals surface area (Å²) in [5.74, 6) is -0.683. The van der Waals surface area contributed by atoms with Crippen molar-refractivity contribution < 1.29 is 14.3 Å². The van der Waals surface area contributed by atoms with E-state index in [1.54, 1.807) is 0 Å². The van der Waals surface area contributed by atoms with E-state index in [-0.39, 0.29) is 23.6 Å². The van der Waals surface area contributed by atoms with Crippen molar-refractivity contribution in [1.82, 2.24) is 0 Å². The zero-order valence-electron chi connectivity index (χ0n) is 12.4. The highest BCUT2D eigenvalue weighted by Crippen LogP contribution is 2.35. The van der Waals surface area contributed by atoms with Crippen LogP contribution in [0.3, 0.4) is 0 Å². The topological polar surface area (TPSA) is 43.4 Å². The number of hydrogen-bond donors (Lipinski definition) is 0. The normalized spacial score (nSPS) is 22.6. The van der Waals surface area contributed by atoms with Crippen LogP contribution in [0.5, 0.6) is 0 Å². The van der Waals surface area contributed by atoms with Crippen molar-refractivity contribution in [2.45, 2.75) is 45.6 Å². The molecule has 2 atom stereocenters. The van der Waals surface area contributed by atoms with Gasteiger partial charge < -0.3 is 4.74 Å². The minimum Gasteiger partial charge on any atom is -0.460 e. The molecule has 2 rings (SSSR count). The van der Waals surface area contributed by atoms with Gasteiger partial charge >= 0.3 is 5.97 Å². The third kappa shape index (κ3) is 3.47. The highest BCUT2D eigenvalue weighted by molar-refractivity contribution is 6.00. The number of carbonyl (C=O) groups is 2. The van der Waals surface area contributed by atoms with Crippen LogP contribution < -0.4 is 0 Å². The van der Waals surface area contributed by atoms with Crippen molar-refractivity contribution in [1.29, 1.82) is 0 Å². The highest BCUT2D eigenvalue weighted by atomic mass is 16.6. The van der Waals surface area contributed by atoms with Gasteiger partial charge in [-0.2, -0.15) is 0 Å². The Kier molecular flexibility index (Phi) is 4.26. The minimum absolute atomic E-state index is 0.0685. The van der Waals surface area contributed by atoms with Gasteiger partial charge in [-0.05, 0) is 33.6 Å². The fourth-order valence-electron chi connectivity index (χ4n) is 2.75. The molecule has 20 heavy (non-hydrogen) atoms. The highest BCUT2D eigenvalue weighted by Gasteiger charge is 2.40. The lowest BCUT2D eigenvalue weighted by molar-refractivity contribution is -0.160. The van der Waals surface area contributed by atoms with Crippen molar-refractivity contribution in [2.24, 2.45) is 11.8 Å². The molecular weight excluding hydrogens is 252 g/mol. The van der Waals surface area contributed by atoms with Gasteiger partial charge in [-0.1, -0.05) is 36.8 Å². The fraction of sp³-hybridized carbons (Fsp3) is 0.529. The number of esters is 1. The molecule has 0 spiro atoms. The molecule has 3 nitrogen and oxygen atoms in total. The first-order valence-electron chi connectivity index (χ1n) is 7.20. The molecule has 1 fully saturated rings. The first kappa shape index (κ1) is 14.8. The van der Waals surface area contributed by atoms with Crippen LogP contribution in [0, 0.1) is 11.8 Å². The summed E-state index contributed by atoms with van der Waals surface area (Å²) in [7, 11) is 0. The van der Waals surface area contributed by atoms with Crippen LogP contribution in [-0.2, 0) is 9.53 Å². The number of rotatable bonds is 3. The molecule has 1 aliphatic rings. The summed E-state index contributed by atoms with van der Waals surface area (Å²) in [4.78, 5) is 24.8. The van der Waals surface area contributed by atoms with Crippen LogP contribution in [0.2, 0.25) is 0 Å². The van der Waals surface area contributed by atoms with E-state index in [1.165, 1.54) is 0 Å². The molecule has 0 unspecified atom stereocenters. The van der Waals surface area contributed by atoms with Gasteiger partial charge in [-0.25, -0.2) is 0 Å². The molecule has 0 amide bonds. The maximum Gasteiger partial charge on any atom is 0.310 e. The van der Waals surface area contributed by atoms with Gasteiger partial charge in [0.1, 0.15) is 5.60 Å². The van der Waals surface area contributed by atoms with Crippen LogP contribution in [0.1, 0.15) is 50.4 Å². The zero-order valence-corrected chi connectivity index (χ0v) is 12.4. The van der Waals surface area contributed by atoms with E-state index in [0.717, 1.165) is 19.3 Å². The molecule has 1 saturated carbocycles. The summed E-state index contributed by atoms with van der Waals surface area (Å²) in [6.45, 7) is 5.57. The minimum atomic E-state index is -0.500. The molecular formula is C17H22O3. The predicted octanol–water partition coefficient (Wildman–Crippen LogP) is 3.63. The Bertz CT molecular complexity index is 485. The molecule has 3 heteroatoms. The molecule has 0 aromatic heterocycles. The van der Waals surface area contributed by atoms with Crippen molar-refractivity contribution in [3.05, 3.63) is 35.9 Å². The van der Waals surface area contributed by atoms with Gasteiger partial charge in [0.15, 0.2) is 5.78 Å². The maximum atomic E-state index is 12.5. The second-order valence-electron chi connectivity index (χ2n) is 6.41. The molecule has 1 aromatic carbocycles. The van der Waals surface area contributed by atoms with E-state index in [0.29, 0.717) is 5.56 Å². The maximum absolute atomic E-state index is 12.5. The Hall–Kier alpha value is -1.64. The molecule has 0 aliphatic heterocycles. The number of Topliss-reactive ketones (excluding diaryl/α,β-unsaturated/α-hetero) is 1. The van der Waals surface area contributed by atoms with Crippen LogP contribution in [0.25, 0.3) is 0 Å². The van der Waals surface area contributed by atoms with E-state index < -0.39 is 5.60 Å². The Labute approximate surface area is 120 Å². The molecule has 1 aromatic rings. The van der Waals surface area contributed by atoms with Gasteiger partial charge in [-0.3, -0.25) is 9.59 Å². The van der Waals surface area contributed by atoms with E-state index >= 15 is 0 Å². The van der Waals surface area contributed by atoms with Gasteiger partial charge in [-0.15, -0.1) is 0 Å². The number of ketones is 1. The molecule has 0 radical (unpaired) electrons. The number of ether oxygens (including phenoxy) is 1. The quantitative estimate of drug-likeness (QED) is 0.624. The van der Waals surface area contributed by atoms with Gasteiger partial charge in [0.2, 0.25) is 0 Å². The Morgan fingerprint density at radius 2 is 1.65 bits per heavy atom. The van der Waals surface area contributed by atoms with Crippen LogP contribution in [0.4, 0.5) is 0 Å². The monoisotopic (exact) mass is 274 g/mol. The lowest BCUT2D eigenvalue weighted by Gasteiger charge is -2.24. The summed E-state index contributed by atoms with van der Waals surface area (Å²) in [6, 6.07) is 9.21. The predicted molar refractivity (Wildman–Crippen MR) is 77.4 cm³/mol. The van der Waals surface area contributed by atoms with Crippen LogP contribution in [-0.4, -0.2) is 17.4 Å². The largest absolute Gasteiger partial charge is 0.460 e. The van der Waals surface area contributed by atoms with Crippen molar-refractivity contribution in [2.75, 3.05) is 0 Å². The van der Waals surface area contributed by atoms with Gasteiger partial charge in [0.05, 0.1) is 5.92 Å². The van der Waals surface area contributed by atoms with Crippen LogP contribution in [0.15, 0.2) is 30.3 Å². The van der Waals surface area contributed by atoms with Gasteiger partial charge in [0, 0.05) is 11.5 Å².